The fraction of sp³-hybridized carbons (Fsp3) is 0.714. The minimum absolute atomic E-state index is 0. The summed E-state index contributed by atoms with van der Waals surface area (Å²) in [5.74, 6) is -31.3. The second-order valence-corrected chi connectivity index (χ2v) is 5.97. The van der Waals surface area contributed by atoms with E-state index in [0.717, 1.165) is 0 Å². The van der Waals surface area contributed by atoms with Crippen LogP contribution in [-0.2, 0) is 36.2 Å². The van der Waals surface area contributed by atoms with Gasteiger partial charge >= 0.3 is 36.0 Å². The molecule has 0 unspecified atom stereocenters. The molecule has 1 radical (unpaired) electrons. The zero-order valence-electron chi connectivity index (χ0n) is 15.6. The van der Waals surface area contributed by atoms with E-state index in [-0.39, 0.29) is 30.9 Å². The molecule has 0 bridgehead atoms. The van der Waals surface area contributed by atoms with E-state index in [4.69, 9.17) is 0 Å². The van der Waals surface area contributed by atoms with Gasteiger partial charge in [-0.1, -0.05) is 0 Å². The van der Waals surface area contributed by atoms with Crippen LogP contribution in [0.1, 0.15) is 26.7 Å². The predicted octanol–water partition coefficient (Wildman–Crippen LogP) is 4.73. The Bertz CT molecular complexity index is 666. The summed E-state index contributed by atoms with van der Waals surface area (Å²) in [5.41, 5.74) is 0. The molecule has 199 valence electrons. The summed E-state index contributed by atoms with van der Waals surface area (Å²) in [7, 11) is 0. The summed E-state index contributed by atoms with van der Waals surface area (Å²) in [4.78, 5) is 41.1. The molecule has 33 heavy (non-hydrogen) atoms. The van der Waals surface area contributed by atoms with E-state index in [9.17, 15) is 80.6 Å². The number of ketones is 4. The molecule has 0 saturated carbocycles. The Morgan fingerprint density at radius 2 is 0.636 bits per heavy atom. The average Bonchev–Trinajstić information content (AvgIpc) is 2.51. The summed E-state index contributed by atoms with van der Waals surface area (Å²) in [6.07, 6.45) is -15.6. The Morgan fingerprint density at radius 1 is 0.455 bits per heavy atom. The van der Waals surface area contributed by atoms with Crippen molar-refractivity contribution in [2.75, 3.05) is 0 Å². The number of hydrogen-bond donors (Lipinski definition) is 0. The third kappa shape index (κ3) is 10.3. The molecule has 0 saturated heterocycles. The molecule has 0 fully saturated rings. The number of hydrogen-bond acceptors (Lipinski definition) is 4. The van der Waals surface area contributed by atoms with Gasteiger partial charge in [0.1, 0.15) is 0 Å². The SMILES string of the molecule is CC(F)(F)C(F)(F)C(=O)CC(=O)C(F)(F)F.CC(F)(F)C(F)(F)C(=O)CC(=O)C(F)(F)F.[Cu]. The van der Waals surface area contributed by atoms with E-state index in [1.165, 1.54) is 0 Å². The number of rotatable bonds is 8. The minimum atomic E-state index is -5.51. The molecule has 0 atom stereocenters. The first-order chi connectivity index (χ1) is 13.6. The number of alkyl halides is 14. The Hall–Kier alpha value is -1.78. The fourth-order valence-electron chi connectivity index (χ4n) is 1.20. The van der Waals surface area contributed by atoms with E-state index >= 15 is 0 Å². The first kappa shape index (κ1) is 35.8. The van der Waals surface area contributed by atoms with E-state index in [1.54, 1.807) is 0 Å². The smallest absolute Gasteiger partial charge is 0.292 e. The van der Waals surface area contributed by atoms with E-state index in [0.29, 0.717) is 0 Å². The van der Waals surface area contributed by atoms with Crippen LogP contribution in [0.3, 0.4) is 0 Å². The quantitative estimate of drug-likeness (QED) is 0.240. The van der Waals surface area contributed by atoms with Crippen LogP contribution in [0.25, 0.3) is 0 Å². The van der Waals surface area contributed by atoms with Gasteiger partial charge in [0.25, 0.3) is 0 Å². The molecule has 0 aliphatic carbocycles. The van der Waals surface area contributed by atoms with Crippen molar-refractivity contribution in [2.45, 2.75) is 62.7 Å². The molecule has 0 spiro atoms. The van der Waals surface area contributed by atoms with Gasteiger partial charge in [-0.05, 0) is 0 Å². The van der Waals surface area contributed by atoms with Gasteiger partial charge in [-0.25, -0.2) is 0 Å². The molecule has 4 nitrogen and oxygen atoms in total. The topological polar surface area (TPSA) is 68.3 Å². The maximum Gasteiger partial charge on any atom is 0.450 e. The molecule has 0 aliphatic heterocycles. The molecule has 0 amide bonds. The molecular formula is C14H10CuF14O4. The Morgan fingerprint density at radius 3 is 0.758 bits per heavy atom. The van der Waals surface area contributed by atoms with E-state index in [1.807, 2.05) is 0 Å². The van der Waals surface area contributed by atoms with Crippen molar-refractivity contribution in [1.29, 1.82) is 0 Å². The maximum atomic E-state index is 12.5. The van der Waals surface area contributed by atoms with Gasteiger partial charge in [0.15, 0.2) is 0 Å². The van der Waals surface area contributed by atoms with Gasteiger partial charge in [0.2, 0.25) is 23.1 Å². The summed E-state index contributed by atoms with van der Waals surface area (Å²) in [6.45, 7) is -0.661. The number of halogens is 14. The predicted molar refractivity (Wildman–Crippen MR) is 72.5 cm³/mol. The third-order valence-corrected chi connectivity index (χ3v) is 3.08. The summed E-state index contributed by atoms with van der Waals surface area (Å²) >= 11 is 0. The van der Waals surface area contributed by atoms with Crippen molar-refractivity contribution < 1.29 is 97.7 Å². The number of Topliss-reactive ketones (excluding diaryl/α,β-unsaturated/α-hetero) is 4. The number of carbonyl (C=O) groups is 4. The van der Waals surface area contributed by atoms with Crippen LogP contribution < -0.4 is 0 Å². The van der Waals surface area contributed by atoms with Crippen molar-refractivity contribution >= 4 is 23.1 Å². The van der Waals surface area contributed by atoms with Gasteiger partial charge in [-0.3, -0.25) is 19.2 Å². The zero-order valence-corrected chi connectivity index (χ0v) is 16.6. The second kappa shape index (κ2) is 11.1. The summed E-state index contributed by atoms with van der Waals surface area (Å²) in [6, 6.07) is 0. The first-order valence-electron chi connectivity index (χ1n) is 7.38. The van der Waals surface area contributed by atoms with Crippen LogP contribution in [0, 0.1) is 0 Å². The van der Waals surface area contributed by atoms with Crippen molar-refractivity contribution in [3.05, 3.63) is 0 Å². The Labute approximate surface area is 184 Å². The minimum Gasteiger partial charge on any atom is -0.292 e. The molecule has 0 heterocycles. The molecule has 0 N–H and O–H groups in total. The molecule has 0 aliphatic rings. The van der Waals surface area contributed by atoms with Gasteiger partial charge < -0.3 is 0 Å². The normalized spacial score (nSPS) is 13.3. The molecule has 0 aromatic carbocycles. The van der Waals surface area contributed by atoms with Crippen LogP contribution >= 0.6 is 0 Å². The van der Waals surface area contributed by atoms with Crippen molar-refractivity contribution in [3.8, 4) is 0 Å². The van der Waals surface area contributed by atoms with Crippen LogP contribution in [0.2, 0.25) is 0 Å². The summed E-state index contributed by atoms with van der Waals surface area (Å²) < 4.78 is 168. The molecular weight excluding hydrogens is 562 g/mol. The van der Waals surface area contributed by atoms with E-state index < -0.39 is 72.0 Å². The van der Waals surface area contributed by atoms with Crippen LogP contribution in [0.15, 0.2) is 0 Å². The van der Waals surface area contributed by atoms with Crippen LogP contribution in [0.4, 0.5) is 61.5 Å². The fourth-order valence-corrected chi connectivity index (χ4v) is 1.20. The standard InChI is InChI=1S/2C7H5F7O2.Cu/c2*1-5(8,9)6(10,11)3(15)2-4(16)7(12,13)14;/h2*2H2,1H3;. The number of carbonyl (C=O) groups excluding carboxylic acids is 4. The van der Waals surface area contributed by atoms with Crippen LogP contribution in [-0.4, -0.2) is 59.2 Å². The molecule has 0 rings (SSSR count). The van der Waals surface area contributed by atoms with Crippen LogP contribution in [0.5, 0.6) is 0 Å². The van der Waals surface area contributed by atoms with E-state index in [2.05, 4.69) is 0 Å². The molecule has 19 heteroatoms. The van der Waals surface area contributed by atoms with Gasteiger partial charge in [-0.2, -0.15) is 61.5 Å². The molecule has 0 aromatic heterocycles. The Kier molecular flexibility index (Phi) is 12.0. The second-order valence-electron chi connectivity index (χ2n) is 5.97. The van der Waals surface area contributed by atoms with Gasteiger partial charge in [0.05, 0.1) is 12.8 Å². The summed E-state index contributed by atoms with van der Waals surface area (Å²) in [5, 5.41) is 0. The monoisotopic (exact) mass is 571 g/mol. The first-order valence-corrected chi connectivity index (χ1v) is 7.38. The molecule has 0 aromatic rings. The van der Waals surface area contributed by atoms with Gasteiger partial charge in [0, 0.05) is 30.9 Å². The average molecular weight is 572 g/mol. The zero-order chi connectivity index (χ0) is 26.7. The van der Waals surface area contributed by atoms with Crippen molar-refractivity contribution in [2.24, 2.45) is 0 Å². The Balaban J connectivity index is -0.000000529. The van der Waals surface area contributed by atoms with Gasteiger partial charge in [-0.15, -0.1) is 0 Å². The van der Waals surface area contributed by atoms with Crippen molar-refractivity contribution in [3.63, 3.8) is 0 Å². The van der Waals surface area contributed by atoms with Crippen molar-refractivity contribution in [1.82, 2.24) is 0 Å². The largest absolute Gasteiger partial charge is 0.450 e. The maximum absolute atomic E-state index is 12.5. The third-order valence-electron chi connectivity index (χ3n) is 3.08.